The van der Waals surface area contributed by atoms with Crippen LogP contribution in [0.4, 0.5) is 0 Å². The molecule has 2 aromatic rings. The average Bonchev–Trinajstić information content (AvgIpc) is 2.40. The largest absolute Gasteiger partial charge is 0.526 e. The molecule has 1 heterocycles. The van der Waals surface area contributed by atoms with Gasteiger partial charge in [0.1, 0.15) is 0 Å². The Bertz CT molecular complexity index is 593. The molecule has 0 unspecified atom stereocenters. The second kappa shape index (κ2) is 4.05. The Morgan fingerprint density at radius 3 is 2.75 bits per heavy atom. The number of rotatable bonds is 2. The van der Waals surface area contributed by atoms with Crippen molar-refractivity contribution < 1.29 is 18.9 Å². The van der Waals surface area contributed by atoms with Crippen molar-refractivity contribution >= 4 is 46.3 Å². The maximum atomic E-state index is 10.7. The highest BCUT2D eigenvalue weighted by atomic mass is 79.9. The van der Waals surface area contributed by atoms with E-state index in [2.05, 4.69) is 25.4 Å². The lowest BCUT2D eigenvalue weighted by atomic mass is 10.2. The Balaban J connectivity index is 2.56. The predicted octanol–water partition coefficient (Wildman–Crippen LogP) is 3.06. The van der Waals surface area contributed by atoms with Gasteiger partial charge < -0.3 is 9.51 Å². The minimum absolute atomic E-state index is 0.0226. The summed E-state index contributed by atoms with van der Waals surface area (Å²) in [6, 6.07) is 5.02. The minimum Gasteiger partial charge on any atom is -0.387 e. The molecule has 0 atom stereocenters. The van der Waals surface area contributed by atoms with Crippen molar-refractivity contribution in [3.05, 3.63) is 27.7 Å². The summed E-state index contributed by atoms with van der Waals surface area (Å²) in [6.45, 7) is 0. The van der Waals surface area contributed by atoms with Gasteiger partial charge in [-0.05, 0) is 28.1 Å². The lowest BCUT2D eigenvalue weighted by molar-refractivity contribution is 0.279. The molecule has 0 radical (unpaired) electrons. The number of phosphoric acid groups is 1. The van der Waals surface area contributed by atoms with Crippen molar-refractivity contribution in [1.82, 2.24) is 4.98 Å². The standard InChI is InChI=1S/C8H6BrClNO4P/c9-7-5-2-1-4(10)3-6(5)11-8(7)15-16(12,13)14/h1-3,11H,(H2,12,13,14). The quantitative estimate of drug-likeness (QED) is 0.741. The van der Waals surface area contributed by atoms with Crippen LogP contribution >= 0.6 is 35.4 Å². The molecule has 8 heteroatoms. The first-order chi connectivity index (χ1) is 7.37. The maximum Gasteiger partial charge on any atom is 0.526 e. The van der Waals surface area contributed by atoms with Gasteiger partial charge in [0, 0.05) is 10.4 Å². The number of phosphoric ester groups is 1. The second-order valence-corrected chi connectivity index (χ2v) is 5.43. The first-order valence-corrected chi connectivity index (χ1v) is 6.79. The number of aromatic nitrogens is 1. The molecule has 0 aliphatic carbocycles. The van der Waals surface area contributed by atoms with E-state index in [9.17, 15) is 4.57 Å². The Labute approximate surface area is 104 Å². The van der Waals surface area contributed by atoms with Crippen LogP contribution in [-0.4, -0.2) is 14.8 Å². The van der Waals surface area contributed by atoms with Crippen molar-refractivity contribution in [1.29, 1.82) is 0 Å². The fourth-order valence-corrected chi connectivity index (χ4v) is 2.49. The van der Waals surface area contributed by atoms with Gasteiger partial charge in [0.25, 0.3) is 0 Å². The van der Waals surface area contributed by atoms with Crippen LogP contribution in [0.25, 0.3) is 10.9 Å². The van der Waals surface area contributed by atoms with E-state index in [0.29, 0.717) is 15.0 Å². The van der Waals surface area contributed by atoms with E-state index in [1.165, 1.54) is 0 Å². The molecule has 0 amide bonds. The molecule has 2 rings (SSSR count). The number of nitrogens with one attached hydrogen (secondary N) is 1. The number of benzene rings is 1. The van der Waals surface area contributed by atoms with Crippen molar-refractivity contribution in [2.75, 3.05) is 0 Å². The molecule has 5 nitrogen and oxygen atoms in total. The summed E-state index contributed by atoms with van der Waals surface area (Å²) >= 11 is 8.97. The molecule has 0 bridgehead atoms. The molecule has 1 aromatic carbocycles. The fraction of sp³-hybridized carbons (Fsp3) is 0. The number of hydrogen-bond acceptors (Lipinski definition) is 2. The van der Waals surface area contributed by atoms with Crippen LogP contribution in [-0.2, 0) is 4.57 Å². The Morgan fingerprint density at radius 2 is 2.12 bits per heavy atom. The molecular weight excluding hydrogens is 320 g/mol. The molecule has 16 heavy (non-hydrogen) atoms. The monoisotopic (exact) mass is 325 g/mol. The average molecular weight is 326 g/mol. The normalized spacial score (nSPS) is 12.0. The van der Waals surface area contributed by atoms with Gasteiger partial charge in [-0.2, -0.15) is 0 Å². The molecule has 0 aliphatic rings. The molecule has 3 N–H and O–H groups in total. The lowest BCUT2D eigenvalue weighted by Crippen LogP contribution is -1.90. The van der Waals surface area contributed by atoms with Gasteiger partial charge in [-0.15, -0.1) is 0 Å². The topological polar surface area (TPSA) is 82.6 Å². The zero-order valence-corrected chi connectivity index (χ0v) is 10.9. The summed E-state index contributed by atoms with van der Waals surface area (Å²) < 4.78 is 15.6. The zero-order chi connectivity index (χ0) is 11.9. The van der Waals surface area contributed by atoms with E-state index in [-0.39, 0.29) is 5.88 Å². The third-order valence-corrected chi connectivity index (χ3v) is 3.32. The number of halogens is 2. The van der Waals surface area contributed by atoms with E-state index >= 15 is 0 Å². The minimum atomic E-state index is -4.58. The summed E-state index contributed by atoms with van der Waals surface area (Å²) in [5.41, 5.74) is 0.628. The highest BCUT2D eigenvalue weighted by Crippen LogP contribution is 2.43. The van der Waals surface area contributed by atoms with Gasteiger partial charge in [0.2, 0.25) is 5.88 Å². The van der Waals surface area contributed by atoms with E-state index < -0.39 is 7.82 Å². The van der Waals surface area contributed by atoms with E-state index in [4.69, 9.17) is 21.4 Å². The summed E-state index contributed by atoms with van der Waals surface area (Å²) in [5.74, 6) is -0.0226. The first-order valence-electron chi connectivity index (χ1n) is 4.09. The Morgan fingerprint density at radius 1 is 1.44 bits per heavy atom. The number of hydrogen-bond donors (Lipinski definition) is 3. The third-order valence-electron chi connectivity index (χ3n) is 1.88. The van der Waals surface area contributed by atoms with Gasteiger partial charge in [-0.3, -0.25) is 9.79 Å². The molecule has 0 saturated heterocycles. The lowest BCUT2D eigenvalue weighted by Gasteiger charge is -2.03. The van der Waals surface area contributed by atoms with Gasteiger partial charge in [0.05, 0.1) is 9.99 Å². The summed E-state index contributed by atoms with van der Waals surface area (Å²) in [4.78, 5) is 20.1. The first kappa shape index (κ1) is 12.0. The molecule has 0 spiro atoms. The van der Waals surface area contributed by atoms with Gasteiger partial charge >= 0.3 is 7.82 Å². The van der Waals surface area contributed by atoms with Crippen LogP contribution in [0.3, 0.4) is 0 Å². The predicted molar refractivity (Wildman–Crippen MR) is 63.7 cm³/mol. The molecule has 0 aliphatic heterocycles. The van der Waals surface area contributed by atoms with E-state index in [0.717, 1.165) is 5.39 Å². The highest BCUT2D eigenvalue weighted by Gasteiger charge is 2.20. The smallest absolute Gasteiger partial charge is 0.387 e. The van der Waals surface area contributed by atoms with Crippen molar-refractivity contribution in [2.24, 2.45) is 0 Å². The van der Waals surface area contributed by atoms with Gasteiger partial charge in [-0.25, -0.2) is 4.57 Å². The van der Waals surface area contributed by atoms with Crippen LogP contribution in [0.2, 0.25) is 5.02 Å². The molecule has 0 saturated carbocycles. The maximum absolute atomic E-state index is 10.7. The Kier molecular flexibility index (Phi) is 3.03. The summed E-state index contributed by atoms with van der Waals surface area (Å²) in [6.07, 6.45) is 0. The SMILES string of the molecule is O=P(O)(O)Oc1[nH]c2cc(Cl)ccc2c1Br. The van der Waals surface area contributed by atoms with Crippen LogP contribution in [0.5, 0.6) is 5.88 Å². The second-order valence-electron chi connectivity index (χ2n) is 3.04. The molecule has 0 fully saturated rings. The summed E-state index contributed by atoms with van der Waals surface area (Å²) in [7, 11) is -4.58. The molecule has 1 aromatic heterocycles. The van der Waals surface area contributed by atoms with Gasteiger partial charge in [-0.1, -0.05) is 17.7 Å². The number of aromatic amines is 1. The highest BCUT2D eigenvalue weighted by molar-refractivity contribution is 9.10. The Hall–Kier alpha value is -0.520. The summed E-state index contributed by atoms with van der Waals surface area (Å²) in [5, 5.41) is 1.25. The fourth-order valence-electron chi connectivity index (χ4n) is 1.29. The van der Waals surface area contributed by atoms with Gasteiger partial charge in [0.15, 0.2) is 0 Å². The molecule has 86 valence electrons. The zero-order valence-electron chi connectivity index (χ0n) is 7.65. The third kappa shape index (κ3) is 2.42. The van der Waals surface area contributed by atoms with Crippen LogP contribution < -0.4 is 4.52 Å². The van der Waals surface area contributed by atoms with Crippen LogP contribution in [0.15, 0.2) is 22.7 Å². The van der Waals surface area contributed by atoms with Crippen molar-refractivity contribution in [3.8, 4) is 5.88 Å². The van der Waals surface area contributed by atoms with E-state index in [1.54, 1.807) is 18.2 Å². The molecular formula is C8H6BrClNO4P. The number of H-pyrrole nitrogens is 1. The van der Waals surface area contributed by atoms with Crippen molar-refractivity contribution in [3.63, 3.8) is 0 Å². The van der Waals surface area contributed by atoms with Crippen LogP contribution in [0, 0.1) is 0 Å². The van der Waals surface area contributed by atoms with E-state index in [1.807, 2.05) is 0 Å². The number of fused-ring (bicyclic) bond motifs is 1. The van der Waals surface area contributed by atoms with Crippen LogP contribution in [0.1, 0.15) is 0 Å². The van der Waals surface area contributed by atoms with Crippen molar-refractivity contribution in [2.45, 2.75) is 0 Å².